The van der Waals surface area contributed by atoms with E-state index in [1.807, 2.05) is 13.8 Å². The summed E-state index contributed by atoms with van der Waals surface area (Å²) in [6.07, 6.45) is 2.69. The third kappa shape index (κ3) is 5.85. The van der Waals surface area contributed by atoms with E-state index in [0.29, 0.717) is 56.4 Å². The Morgan fingerprint density at radius 2 is 1.68 bits per heavy atom. The lowest BCUT2D eigenvalue weighted by atomic mass is 9.73. The number of amides is 2. The van der Waals surface area contributed by atoms with Crippen molar-refractivity contribution >= 4 is 12.0 Å². The molecule has 9 nitrogen and oxygen atoms in total. The molecule has 1 N–H and O–H groups in total. The summed E-state index contributed by atoms with van der Waals surface area (Å²) in [6.45, 7) is 10.3. The molecule has 1 aromatic heterocycles. The lowest BCUT2D eigenvalue weighted by molar-refractivity contribution is -0.146. The number of aliphatic hydroxyl groups excluding tert-OH is 1. The molecule has 0 aromatic carbocycles. The number of carbonyl (C=O) groups excluding carboxylic acids is 2. The molecule has 0 spiro atoms. The van der Waals surface area contributed by atoms with Gasteiger partial charge in [0, 0.05) is 55.6 Å². The zero-order valence-electron chi connectivity index (χ0n) is 24.4. The summed E-state index contributed by atoms with van der Waals surface area (Å²) in [6, 6.07) is -0.799. The number of likely N-dealkylation sites (tertiary alicyclic amines) is 2. The molecule has 5 rings (SSSR count). The van der Waals surface area contributed by atoms with Crippen LogP contribution in [0.3, 0.4) is 0 Å². The fourth-order valence-corrected chi connectivity index (χ4v) is 6.74. The van der Waals surface area contributed by atoms with Crippen molar-refractivity contribution in [1.82, 2.24) is 19.9 Å². The molecular weight excluding hydrogens is 522 g/mol. The molecular formula is C29H44F2N4O5. The molecule has 2 amide bonds. The molecule has 40 heavy (non-hydrogen) atoms. The van der Waals surface area contributed by atoms with Crippen LogP contribution in [0.4, 0.5) is 13.6 Å². The summed E-state index contributed by atoms with van der Waals surface area (Å²) >= 11 is 0. The van der Waals surface area contributed by atoms with Gasteiger partial charge in [-0.1, -0.05) is 19.0 Å². The molecule has 4 fully saturated rings. The van der Waals surface area contributed by atoms with Crippen molar-refractivity contribution in [1.29, 1.82) is 0 Å². The smallest absolute Gasteiger partial charge is 0.410 e. The van der Waals surface area contributed by atoms with E-state index in [0.717, 1.165) is 12.8 Å². The Bertz CT molecular complexity index is 1090. The molecule has 3 heterocycles. The quantitative estimate of drug-likeness (QED) is 0.545. The van der Waals surface area contributed by atoms with Crippen molar-refractivity contribution < 1.29 is 32.7 Å². The number of hydrogen-bond acceptors (Lipinski definition) is 7. The summed E-state index contributed by atoms with van der Waals surface area (Å²) in [7, 11) is 0. The zero-order chi connectivity index (χ0) is 29.1. The van der Waals surface area contributed by atoms with Crippen molar-refractivity contribution in [3.05, 3.63) is 11.7 Å². The van der Waals surface area contributed by atoms with Gasteiger partial charge in [0.1, 0.15) is 11.6 Å². The van der Waals surface area contributed by atoms with Crippen molar-refractivity contribution in [2.24, 2.45) is 11.3 Å². The summed E-state index contributed by atoms with van der Waals surface area (Å²) in [5.41, 5.74) is -1.58. The molecule has 0 radical (unpaired) electrons. The highest BCUT2D eigenvalue weighted by atomic mass is 19.3. The highest BCUT2D eigenvalue weighted by Crippen LogP contribution is 2.53. The third-order valence-corrected chi connectivity index (χ3v) is 9.50. The molecule has 2 aliphatic heterocycles. The first-order valence-electron chi connectivity index (χ1n) is 14.8. The van der Waals surface area contributed by atoms with Gasteiger partial charge in [-0.3, -0.25) is 9.69 Å². The molecule has 0 unspecified atom stereocenters. The Morgan fingerprint density at radius 1 is 1.05 bits per heavy atom. The fraction of sp³-hybridized carbons (Fsp3) is 0.862. The Morgan fingerprint density at radius 3 is 2.25 bits per heavy atom. The first-order chi connectivity index (χ1) is 18.6. The maximum Gasteiger partial charge on any atom is 0.410 e. The van der Waals surface area contributed by atoms with Gasteiger partial charge in [-0.05, 0) is 65.2 Å². The van der Waals surface area contributed by atoms with E-state index >= 15 is 0 Å². The number of halogens is 2. The SMILES string of the molecule is CC(C)(C)OC(=O)N1CC(C)(C)[C@H](O)C[C@H]1C(=O)N1CCC(c2noc(C3CCC(F)(F)CC3)n2)(C2CC2)CC1. The standard InChI is InChI=1S/C29H44F2N4O5/c1-26(2,3)39-25(38)35-17-27(4,5)21(36)16-20(35)23(37)34-14-12-28(13-15-34,19-6-7-19)24-32-22(40-33-24)18-8-10-29(30,31)11-9-18/h18-21,36H,6-17H2,1-5H3/t20-,21+/m0/s1. The van der Waals surface area contributed by atoms with Crippen LogP contribution in [0.2, 0.25) is 0 Å². The van der Waals surface area contributed by atoms with E-state index in [1.54, 1.807) is 25.7 Å². The number of ether oxygens (including phenoxy) is 1. The predicted molar refractivity (Wildman–Crippen MR) is 142 cm³/mol. The van der Waals surface area contributed by atoms with E-state index in [2.05, 4.69) is 5.16 Å². The number of aromatic nitrogens is 2. The summed E-state index contributed by atoms with van der Waals surface area (Å²) < 4.78 is 38.6. The Balaban J connectivity index is 1.29. The molecule has 0 bridgehead atoms. The van der Waals surface area contributed by atoms with E-state index in [9.17, 15) is 23.5 Å². The predicted octanol–water partition coefficient (Wildman–Crippen LogP) is 5.03. The Kier molecular flexibility index (Phi) is 7.45. The van der Waals surface area contributed by atoms with E-state index in [1.165, 1.54) is 4.90 Å². The van der Waals surface area contributed by atoms with Crippen molar-refractivity contribution in [2.75, 3.05) is 19.6 Å². The minimum Gasteiger partial charge on any atom is -0.444 e. The van der Waals surface area contributed by atoms with Crippen molar-refractivity contribution in [3.8, 4) is 0 Å². The number of piperidine rings is 2. The van der Waals surface area contributed by atoms with E-state index in [4.69, 9.17) is 14.2 Å². The van der Waals surface area contributed by atoms with Gasteiger partial charge >= 0.3 is 6.09 Å². The monoisotopic (exact) mass is 566 g/mol. The van der Waals surface area contributed by atoms with Gasteiger partial charge in [-0.15, -0.1) is 0 Å². The topological polar surface area (TPSA) is 109 Å². The van der Waals surface area contributed by atoms with Crippen LogP contribution in [0.15, 0.2) is 4.52 Å². The lowest BCUT2D eigenvalue weighted by Gasteiger charge is -2.48. The summed E-state index contributed by atoms with van der Waals surface area (Å²) in [4.78, 5) is 35.0. The second-order valence-corrected chi connectivity index (χ2v) is 14.2. The molecule has 2 saturated heterocycles. The van der Waals surface area contributed by atoms with E-state index in [-0.39, 0.29) is 43.0 Å². The van der Waals surface area contributed by atoms with Gasteiger partial charge in [0.2, 0.25) is 17.7 Å². The minimum absolute atomic E-state index is 0.139. The fourth-order valence-electron chi connectivity index (χ4n) is 6.74. The molecule has 1 aromatic rings. The first kappa shape index (κ1) is 29.2. The van der Waals surface area contributed by atoms with Crippen LogP contribution in [-0.4, -0.2) is 80.4 Å². The molecule has 2 aliphatic carbocycles. The Hall–Kier alpha value is -2.30. The van der Waals surface area contributed by atoms with Gasteiger partial charge in [0.15, 0.2) is 5.82 Å². The lowest BCUT2D eigenvalue weighted by Crippen LogP contribution is -2.62. The third-order valence-electron chi connectivity index (χ3n) is 9.50. The maximum absolute atomic E-state index is 13.8. The van der Waals surface area contributed by atoms with Crippen molar-refractivity contribution in [2.45, 2.75) is 127 Å². The normalized spacial score (nSPS) is 28.8. The van der Waals surface area contributed by atoms with Crippen LogP contribution in [-0.2, 0) is 14.9 Å². The molecule has 2 saturated carbocycles. The average molecular weight is 567 g/mol. The van der Waals surface area contributed by atoms with Gasteiger partial charge < -0.3 is 19.3 Å². The molecule has 224 valence electrons. The largest absolute Gasteiger partial charge is 0.444 e. The molecule has 11 heteroatoms. The van der Waals surface area contributed by atoms with Crippen molar-refractivity contribution in [3.63, 3.8) is 0 Å². The second kappa shape index (κ2) is 10.2. The van der Waals surface area contributed by atoms with Crippen LogP contribution < -0.4 is 0 Å². The van der Waals surface area contributed by atoms with Gasteiger partial charge in [-0.25, -0.2) is 13.6 Å². The number of hydrogen-bond donors (Lipinski definition) is 1. The van der Waals surface area contributed by atoms with Crippen LogP contribution in [0, 0.1) is 11.3 Å². The van der Waals surface area contributed by atoms with Gasteiger partial charge in [-0.2, -0.15) is 4.98 Å². The number of carbonyl (C=O) groups is 2. The van der Waals surface area contributed by atoms with Crippen LogP contribution in [0.1, 0.15) is 110 Å². The first-order valence-corrected chi connectivity index (χ1v) is 14.8. The zero-order valence-corrected chi connectivity index (χ0v) is 24.4. The number of nitrogens with zero attached hydrogens (tertiary/aromatic N) is 4. The minimum atomic E-state index is -2.61. The van der Waals surface area contributed by atoms with Gasteiger partial charge in [0.25, 0.3) is 0 Å². The summed E-state index contributed by atoms with van der Waals surface area (Å²) in [5.74, 6) is -1.43. The highest BCUT2D eigenvalue weighted by Gasteiger charge is 2.53. The van der Waals surface area contributed by atoms with E-state index < -0.39 is 35.2 Å². The second-order valence-electron chi connectivity index (χ2n) is 14.2. The maximum atomic E-state index is 13.8. The van der Waals surface area contributed by atoms with Crippen LogP contribution in [0.5, 0.6) is 0 Å². The number of rotatable bonds is 4. The average Bonchev–Trinajstić information content (AvgIpc) is 3.61. The summed E-state index contributed by atoms with van der Waals surface area (Å²) in [5, 5.41) is 15.2. The van der Waals surface area contributed by atoms with Crippen LogP contribution in [0.25, 0.3) is 0 Å². The molecule has 2 atom stereocenters. The Labute approximate surface area is 235 Å². The number of aliphatic hydroxyl groups is 1. The molecule has 4 aliphatic rings. The van der Waals surface area contributed by atoms with Crippen LogP contribution >= 0.6 is 0 Å². The van der Waals surface area contributed by atoms with Gasteiger partial charge in [0.05, 0.1) is 6.10 Å². The highest BCUT2D eigenvalue weighted by molar-refractivity contribution is 5.86. The number of alkyl halides is 2.